The molecule has 14 heavy (non-hydrogen) atoms. The second kappa shape index (κ2) is 4.38. The standard InChI is InChI=1S/C12H14NO/c14-10-12-6-2-1-5-11(12)9-13-7-3-4-8-13/h1-2,5-6H,3-4,7-9H2. The highest BCUT2D eigenvalue weighted by molar-refractivity contribution is 5.77. The average Bonchev–Trinajstić information content (AvgIpc) is 2.71. The smallest absolute Gasteiger partial charge is 0.233 e. The summed E-state index contributed by atoms with van der Waals surface area (Å²) in [4.78, 5) is 13.0. The Balaban J connectivity index is 2.10. The third kappa shape index (κ3) is 2.02. The summed E-state index contributed by atoms with van der Waals surface area (Å²) in [6, 6.07) is 7.71. The van der Waals surface area contributed by atoms with Gasteiger partial charge in [-0.25, -0.2) is 0 Å². The lowest BCUT2D eigenvalue weighted by molar-refractivity contribution is 0.331. The predicted molar refractivity (Wildman–Crippen MR) is 55.7 cm³/mol. The Morgan fingerprint density at radius 1 is 1.21 bits per heavy atom. The minimum Gasteiger partial charge on any atom is -0.299 e. The molecule has 2 nitrogen and oxygen atoms in total. The van der Waals surface area contributed by atoms with Gasteiger partial charge in [0, 0.05) is 12.1 Å². The zero-order valence-corrected chi connectivity index (χ0v) is 8.20. The molecular weight excluding hydrogens is 174 g/mol. The van der Waals surface area contributed by atoms with Crippen molar-refractivity contribution in [1.29, 1.82) is 0 Å². The molecule has 1 radical (unpaired) electrons. The summed E-state index contributed by atoms with van der Waals surface area (Å²) in [5.41, 5.74) is 1.81. The van der Waals surface area contributed by atoms with E-state index in [2.05, 4.69) is 4.90 Å². The average molecular weight is 188 g/mol. The van der Waals surface area contributed by atoms with Crippen LogP contribution in [0.1, 0.15) is 24.0 Å². The summed E-state index contributed by atoms with van der Waals surface area (Å²) < 4.78 is 0. The van der Waals surface area contributed by atoms with Crippen LogP contribution < -0.4 is 0 Å². The van der Waals surface area contributed by atoms with Crippen molar-refractivity contribution < 1.29 is 4.79 Å². The largest absolute Gasteiger partial charge is 0.299 e. The van der Waals surface area contributed by atoms with Crippen molar-refractivity contribution in [3.05, 3.63) is 35.4 Å². The minimum absolute atomic E-state index is 0.708. The van der Waals surface area contributed by atoms with E-state index in [4.69, 9.17) is 0 Å². The Morgan fingerprint density at radius 3 is 2.64 bits per heavy atom. The van der Waals surface area contributed by atoms with Gasteiger partial charge in [0.1, 0.15) is 0 Å². The highest BCUT2D eigenvalue weighted by atomic mass is 16.1. The SMILES string of the molecule is O=[C]c1ccccc1CN1CCCC1. The van der Waals surface area contributed by atoms with E-state index in [0.717, 1.165) is 25.2 Å². The van der Waals surface area contributed by atoms with Crippen LogP contribution in [0, 0.1) is 0 Å². The van der Waals surface area contributed by atoms with Crippen LogP contribution >= 0.6 is 0 Å². The van der Waals surface area contributed by atoms with E-state index >= 15 is 0 Å². The molecule has 0 aliphatic carbocycles. The first kappa shape index (κ1) is 9.41. The van der Waals surface area contributed by atoms with Gasteiger partial charge < -0.3 is 0 Å². The molecule has 73 valence electrons. The summed E-state index contributed by atoms with van der Waals surface area (Å²) in [6.45, 7) is 3.21. The van der Waals surface area contributed by atoms with Crippen LogP contribution in [0.25, 0.3) is 0 Å². The molecule has 0 N–H and O–H groups in total. The first-order valence-corrected chi connectivity index (χ1v) is 5.08. The molecule has 0 spiro atoms. The monoisotopic (exact) mass is 188 g/mol. The van der Waals surface area contributed by atoms with Gasteiger partial charge in [-0.05, 0) is 31.5 Å². The lowest BCUT2D eigenvalue weighted by Gasteiger charge is -2.15. The van der Waals surface area contributed by atoms with E-state index in [9.17, 15) is 4.79 Å². The van der Waals surface area contributed by atoms with Gasteiger partial charge in [-0.15, -0.1) is 0 Å². The molecule has 1 aliphatic heterocycles. The highest BCUT2D eigenvalue weighted by Crippen LogP contribution is 2.14. The maximum atomic E-state index is 10.7. The highest BCUT2D eigenvalue weighted by Gasteiger charge is 2.13. The molecule has 0 aromatic heterocycles. The van der Waals surface area contributed by atoms with Crippen molar-refractivity contribution in [3.8, 4) is 0 Å². The van der Waals surface area contributed by atoms with E-state index in [-0.39, 0.29) is 0 Å². The molecule has 1 fully saturated rings. The third-order valence-corrected chi connectivity index (χ3v) is 2.72. The van der Waals surface area contributed by atoms with E-state index in [1.165, 1.54) is 12.8 Å². The first-order chi connectivity index (χ1) is 6.90. The topological polar surface area (TPSA) is 20.3 Å². The lowest BCUT2D eigenvalue weighted by atomic mass is 10.1. The molecule has 1 aliphatic rings. The van der Waals surface area contributed by atoms with Gasteiger partial charge in [0.15, 0.2) is 0 Å². The fraction of sp³-hybridized carbons (Fsp3) is 0.417. The fourth-order valence-electron chi connectivity index (χ4n) is 1.94. The van der Waals surface area contributed by atoms with Gasteiger partial charge in [0.05, 0.1) is 0 Å². The van der Waals surface area contributed by atoms with Crippen molar-refractivity contribution in [1.82, 2.24) is 4.90 Å². The molecule has 0 saturated carbocycles. The Morgan fingerprint density at radius 2 is 1.93 bits per heavy atom. The maximum absolute atomic E-state index is 10.7. The van der Waals surface area contributed by atoms with Crippen LogP contribution in [0.4, 0.5) is 0 Å². The summed E-state index contributed by atoms with van der Waals surface area (Å²) >= 11 is 0. The van der Waals surface area contributed by atoms with Crippen LogP contribution in [0.5, 0.6) is 0 Å². The van der Waals surface area contributed by atoms with Gasteiger partial charge in [-0.2, -0.15) is 0 Å². The third-order valence-electron chi connectivity index (χ3n) is 2.72. The number of nitrogens with zero attached hydrogens (tertiary/aromatic N) is 1. The molecule has 1 aromatic rings. The van der Waals surface area contributed by atoms with E-state index < -0.39 is 0 Å². The normalized spacial score (nSPS) is 17.1. The van der Waals surface area contributed by atoms with Gasteiger partial charge in [0.25, 0.3) is 0 Å². The Hall–Kier alpha value is -1.15. The van der Waals surface area contributed by atoms with Gasteiger partial charge in [-0.1, -0.05) is 24.3 Å². The summed E-state index contributed by atoms with van der Waals surface area (Å²) in [6.07, 6.45) is 4.56. The Kier molecular flexibility index (Phi) is 2.94. The first-order valence-electron chi connectivity index (χ1n) is 5.08. The second-order valence-corrected chi connectivity index (χ2v) is 3.74. The Bertz CT molecular complexity index is 316. The summed E-state index contributed by atoms with van der Waals surface area (Å²) in [5.74, 6) is 0. The number of rotatable bonds is 3. The fourth-order valence-corrected chi connectivity index (χ4v) is 1.94. The summed E-state index contributed by atoms with van der Waals surface area (Å²) in [7, 11) is 0. The molecule has 0 atom stereocenters. The molecule has 1 saturated heterocycles. The van der Waals surface area contributed by atoms with Crippen LogP contribution in [0.2, 0.25) is 0 Å². The van der Waals surface area contributed by atoms with Crippen LogP contribution in [-0.4, -0.2) is 24.3 Å². The van der Waals surface area contributed by atoms with Gasteiger partial charge >= 0.3 is 0 Å². The number of hydrogen-bond acceptors (Lipinski definition) is 2. The van der Waals surface area contributed by atoms with Crippen LogP contribution in [-0.2, 0) is 11.3 Å². The van der Waals surface area contributed by atoms with E-state index in [1.54, 1.807) is 0 Å². The molecule has 2 rings (SSSR count). The van der Waals surface area contributed by atoms with Crippen molar-refractivity contribution in [2.45, 2.75) is 19.4 Å². The number of hydrogen-bond donors (Lipinski definition) is 0. The second-order valence-electron chi connectivity index (χ2n) is 3.74. The van der Waals surface area contributed by atoms with Crippen molar-refractivity contribution in [2.24, 2.45) is 0 Å². The van der Waals surface area contributed by atoms with Gasteiger partial charge in [0.2, 0.25) is 6.29 Å². The molecule has 1 heterocycles. The lowest BCUT2D eigenvalue weighted by Crippen LogP contribution is -2.19. The Labute approximate surface area is 84.5 Å². The molecule has 0 bridgehead atoms. The minimum atomic E-state index is 0.708. The zero-order valence-electron chi connectivity index (χ0n) is 8.20. The molecule has 1 aromatic carbocycles. The number of carbonyl (C=O) groups excluding carboxylic acids is 1. The maximum Gasteiger partial charge on any atom is 0.233 e. The molecule has 0 unspecified atom stereocenters. The molecule has 2 heteroatoms. The quantitative estimate of drug-likeness (QED) is 0.720. The zero-order chi connectivity index (χ0) is 9.80. The van der Waals surface area contributed by atoms with Crippen molar-refractivity contribution in [2.75, 3.05) is 13.1 Å². The van der Waals surface area contributed by atoms with Crippen LogP contribution in [0.3, 0.4) is 0 Å². The van der Waals surface area contributed by atoms with E-state index in [0.29, 0.717) is 5.56 Å². The number of benzene rings is 1. The van der Waals surface area contributed by atoms with Crippen LogP contribution in [0.15, 0.2) is 24.3 Å². The molecule has 0 amide bonds. The van der Waals surface area contributed by atoms with Crippen molar-refractivity contribution >= 4 is 6.29 Å². The van der Waals surface area contributed by atoms with Crippen molar-refractivity contribution in [3.63, 3.8) is 0 Å². The van der Waals surface area contributed by atoms with Gasteiger partial charge in [-0.3, -0.25) is 9.69 Å². The van der Waals surface area contributed by atoms with E-state index in [1.807, 2.05) is 30.6 Å². The summed E-state index contributed by atoms with van der Waals surface area (Å²) in [5, 5.41) is 0. The molecular formula is C12H14NO. The number of likely N-dealkylation sites (tertiary alicyclic amines) is 1. The predicted octanol–water partition coefficient (Wildman–Crippen LogP) is 1.74.